The van der Waals surface area contributed by atoms with Gasteiger partial charge in [0.1, 0.15) is 0 Å². The number of rotatable bonds is 4. The van der Waals surface area contributed by atoms with Crippen LogP contribution in [0.4, 0.5) is 8.78 Å². The van der Waals surface area contributed by atoms with Crippen LogP contribution >= 0.6 is 12.4 Å². The molecule has 2 aromatic carbocycles. The van der Waals surface area contributed by atoms with Gasteiger partial charge in [0.05, 0.1) is 6.42 Å². The number of hydrogen-bond acceptors (Lipinski definition) is 2. The number of benzene rings is 2. The van der Waals surface area contributed by atoms with E-state index in [1.54, 1.807) is 6.07 Å². The second kappa shape index (κ2) is 9.10. The number of carbonyl (C=O) groups is 1. The summed E-state index contributed by atoms with van der Waals surface area (Å²) in [6.45, 7) is 3.40. The van der Waals surface area contributed by atoms with Crippen LogP contribution in [0.15, 0.2) is 42.5 Å². The van der Waals surface area contributed by atoms with Gasteiger partial charge in [0.2, 0.25) is 5.91 Å². The first kappa shape index (κ1) is 20.3. The number of nitrogens with one attached hydrogen (secondary N) is 2. The van der Waals surface area contributed by atoms with E-state index in [-0.39, 0.29) is 30.3 Å². The van der Waals surface area contributed by atoms with Gasteiger partial charge in [0, 0.05) is 18.5 Å². The molecule has 140 valence electrons. The molecule has 2 aromatic rings. The number of carbonyl (C=O) groups excluding carboxylic acids is 1. The molecule has 26 heavy (non-hydrogen) atoms. The first-order valence-electron chi connectivity index (χ1n) is 8.53. The van der Waals surface area contributed by atoms with E-state index in [9.17, 15) is 13.6 Å². The molecular formula is C20H23ClF2N2O. The third kappa shape index (κ3) is 5.02. The fraction of sp³-hybridized carbons (Fsp3) is 0.350. The molecule has 3 rings (SSSR count). The van der Waals surface area contributed by atoms with Crippen molar-refractivity contribution in [1.29, 1.82) is 0 Å². The lowest BCUT2D eigenvalue weighted by Crippen LogP contribution is -2.50. The van der Waals surface area contributed by atoms with Gasteiger partial charge < -0.3 is 10.6 Å². The standard InChI is InChI=1S/C20H22F2N2O.ClH/c1-13-2-4-14(5-3-13)10-20(25)24-19-12-23-9-8-16(19)15-6-7-17(21)18(22)11-15;/h2-7,11,16,19,23H,8-10,12H2,1H3,(H,24,25);1H. The van der Waals surface area contributed by atoms with E-state index in [1.165, 1.54) is 6.07 Å². The number of aryl methyl sites for hydroxylation is 1. The van der Waals surface area contributed by atoms with Gasteiger partial charge in [0.25, 0.3) is 0 Å². The summed E-state index contributed by atoms with van der Waals surface area (Å²) in [4.78, 5) is 12.4. The normalized spacial score (nSPS) is 19.5. The Kier molecular flexibility index (Phi) is 7.12. The van der Waals surface area contributed by atoms with Crippen molar-refractivity contribution in [1.82, 2.24) is 10.6 Å². The quantitative estimate of drug-likeness (QED) is 0.852. The Morgan fingerprint density at radius 2 is 1.88 bits per heavy atom. The zero-order valence-electron chi connectivity index (χ0n) is 14.6. The number of hydrogen-bond donors (Lipinski definition) is 2. The fourth-order valence-corrected chi connectivity index (χ4v) is 3.30. The third-order valence-electron chi connectivity index (χ3n) is 4.69. The molecule has 2 N–H and O–H groups in total. The molecule has 1 saturated heterocycles. The summed E-state index contributed by atoms with van der Waals surface area (Å²) in [7, 11) is 0. The van der Waals surface area contributed by atoms with E-state index in [0.29, 0.717) is 13.0 Å². The van der Waals surface area contributed by atoms with Gasteiger partial charge in [-0.1, -0.05) is 35.9 Å². The van der Waals surface area contributed by atoms with Crippen LogP contribution in [0.1, 0.15) is 29.0 Å². The topological polar surface area (TPSA) is 41.1 Å². The Balaban J connectivity index is 0.00000243. The minimum Gasteiger partial charge on any atom is -0.351 e. The van der Waals surface area contributed by atoms with Gasteiger partial charge >= 0.3 is 0 Å². The molecule has 2 unspecified atom stereocenters. The molecule has 1 amide bonds. The Bertz CT molecular complexity index is 752. The summed E-state index contributed by atoms with van der Waals surface area (Å²) < 4.78 is 26.8. The number of halogens is 3. The molecule has 0 aliphatic carbocycles. The van der Waals surface area contributed by atoms with Crippen LogP contribution in [0.25, 0.3) is 0 Å². The van der Waals surface area contributed by atoms with Gasteiger partial charge in [-0.15, -0.1) is 12.4 Å². The van der Waals surface area contributed by atoms with E-state index in [2.05, 4.69) is 10.6 Å². The SMILES string of the molecule is Cc1ccc(CC(=O)NC2CNCCC2c2ccc(F)c(F)c2)cc1.Cl. The van der Waals surface area contributed by atoms with Crippen molar-refractivity contribution < 1.29 is 13.6 Å². The van der Waals surface area contributed by atoms with Crippen LogP contribution in [0.5, 0.6) is 0 Å². The predicted molar refractivity (Wildman–Crippen MR) is 101 cm³/mol. The number of amides is 1. The van der Waals surface area contributed by atoms with Crippen LogP contribution in [-0.2, 0) is 11.2 Å². The summed E-state index contributed by atoms with van der Waals surface area (Å²) in [5.41, 5.74) is 2.83. The Morgan fingerprint density at radius 3 is 2.58 bits per heavy atom. The summed E-state index contributed by atoms with van der Waals surface area (Å²) >= 11 is 0. The molecule has 1 aliphatic heterocycles. The van der Waals surface area contributed by atoms with Crippen LogP contribution in [0, 0.1) is 18.6 Å². The lowest BCUT2D eigenvalue weighted by molar-refractivity contribution is -0.121. The fourth-order valence-electron chi connectivity index (χ4n) is 3.30. The molecule has 2 atom stereocenters. The second-order valence-corrected chi connectivity index (χ2v) is 6.61. The van der Waals surface area contributed by atoms with Crippen molar-refractivity contribution in [2.75, 3.05) is 13.1 Å². The van der Waals surface area contributed by atoms with Gasteiger partial charge in [-0.2, -0.15) is 0 Å². The molecule has 3 nitrogen and oxygen atoms in total. The monoisotopic (exact) mass is 380 g/mol. The van der Waals surface area contributed by atoms with E-state index < -0.39 is 11.6 Å². The molecule has 0 saturated carbocycles. The highest BCUT2D eigenvalue weighted by Crippen LogP contribution is 2.27. The van der Waals surface area contributed by atoms with Gasteiger partial charge in [-0.25, -0.2) is 8.78 Å². The van der Waals surface area contributed by atoms with E-state index >= 15 is 0 Å². The van der Waals surface area contributed by atoms with Crippen molar-refractivity contribution in [2.45, 2.75) is 31.7 Å². The molecule has 1 heterocycles. The molecule has 1 aliphatic rings. The lowest BCUT2D eigenvalue weighted by Gasteiger charge is -2.33. The molecule has 0 bridgehead atoms. The first-order chi connectivity index (χ1) is 12.0. The van der Waals surface area contributed by atoms with Crippen molar-refractivity contribution >= 4 is 18.3 Å². The average Bonchev–Trinajstić information content (AvgIpc) is 2.60. The minimum atomic E-state index is -0.849. The first-order valence-corrected chi connectivity index (χ1v) is 8.53. The van der Waals surface area contributed by atoms with Crippen LogP contribution in [0.3, 0.4) is 0 Å². The maximum Gasteiger partial charge on any atom is 0.224 e. The number of piperidine rings is 1. The largest absolute Gasteiger partial charge is 0.351 e. The van der Waals surface area contributed by atoms with Crippen LogP contribution in [-0.4, -0.2) is 25.0 Å². The van der Waals surface area contributed by atoms with Gasteiger partial charge in [-0.3, -0.25) is 4.79 Å². The highest BCUT2D eigenvalue weighted by atomic mass is 35.5. The van der Waals surface area contributed by atoms with E-state index in [0.717, 1.165) is 35.7 Å². The van der Waals surface area contributed by atoms with Crippen LogP contribution in [0.2, 0.25) is 0 Å². The predicted octanol–water partition coefficient (Wildman–Crippen LogP) is 3.50. The van der Waals surface area contributed by atoms with Crippen molar-refractivity contribution in [3.63, 3.8) is 0 Å². The minimum absolute atomic E-state index is 0. The Morgan fingerprint density at radius 1 is 1.15 bits per heavy atom. The Labute approximate surface area is 158 Å². The van der Waals surface area contributed by atoms with Gasteiger partial charge in [0.15, 0.2) is 11.6 Å². The molecule has 0 radical (unpaired) electrons. The van der Waals surface area contributed by atoms with Crippen molar-refractivity contribution in [3.8, 4) is 0 Å². The summed E-state index contributed by atoms with van der Waals surface area (Å²) in [6, 6.07) is 11.7. The molecule has 0 aromatic heterocycles. The van der Waals surface area contributed by atoms with E-state index in [1.807, 2.05) is 31.2 Å². The smallest absolute Gasteiger partial charge is 0.224 e. The van der Waals surface area contributed by atoms with Gasteiger partial charge in [-0.05, 0) is 43.1 Å². The second-order valence-electron chi connectivity index (χ2n) is 6.61. The molecule has 1 fully saturated rings. The zero-order valence-corrected chi connectivity index (χ0v) is 15.4. The van der Waals surface area contributed by atoms with Crippen LogP contribution < -0.4 is 10.6 Å². The molecule has 0 spiro atoms. The highest BCUT2D eigenvalue weighted by Gasteiger charge is 2.28. The maximum absolute atomic E-state index is 13.6. The highest BCUT2D eigenvalue weighted by molar-refractivity contribution is 5.85. The molecular weight excluding hydrogens is 358 g/mol. The summed E-state index contributed by atoms with van der Waals surface area (Å²) in [6.07, 6.45) is 1.07. The van der Waals surface area contributed by atoms with E-state index in [4.69, 9.17) is 0 Å². The van der Waals surface area contributed by atoms with Crippen molar-refractivity contribution in [2.24, 2.45) is 0 Å². The average molecular weight is 381 g/mol. The summed E-state index contributed by atoms with van der Waals surface area (Å²) in [5.74, 6) is -1.79. The maximum atomic E-state index is 13.6. The van der Waals surface area contributed by atoms with Crippen molar-refractivity contribution in [3.05, 3.63) is 70.8 Å². The lowest BCUT2D eigenvalue weighted by atomic mass is 9.86. The zero-order chi connectivity index (χ0) is 17.8. The summed E-state index contributed by atoms with van der Waals surface area (Å²) in [5, 5.41) is 6.30. The molecule has 6 heteroatoms. The Hall–Kier alpha value is -1.98. The third-order valence-corrected chi connectivity index (χ3v) is 4.69.